The maximum Gasteiger partial charge on any atom is 0.283 e. The van der Waals surface area contributed by atoms with Crippen LogP contribution in [0.5, 0.6) is 0 Å². The summed E-state index contributed by atoms with van der Waals surface area (Å²) in [5, 5.41) is 0. The molecule has 0 bridgehead atoms. The van der Waals surface area contributed by atoms with E-state index in [-0.39, 0.29) is 0 Å². The van der Waals surface area contributed by atoms with Crippen molar-refractivity contribution in [3.8, 4) is 0 Å². The number of hydrogen-bond donors (Lipinski definition) is 0. The summed E-state index contributed by atoms with van der Waals surface area (Å²) in [7, 11) is 0. The van der Waals surface area contributed by atoms with Gasteiger partial charge in [-0.3, -0.25) is 0 Å². The molecule has 0 spiro atoms. The largest absolute Gasteiger partial charge is 0.454 e. The Labute approximate surface area is 105 Å². The lowest BCUT2D eigenvalue weighted by molar-refractivity contribution is -0.688. The maximum absolute atomic E-state index is 5.27. The lowest BCUT2D eigenvalue weighted by Crippen LogP contribution is -2.33. The lowest BCUT2D eigenvalue weighted by Gasteiger charge is -2.09. The van der Waals surface area contributed by atoms with Crippen LogP contribution in [0.25, 0.3) is 0 Å². The monoisotopic (exact) mass is 241 g/mol. The van der Waals surface area contributed by atoms with E-state index in [1.54, 1.807) is 0 Å². The van der Waals surface area contributed by atoms with Crippen molar-refractivity contribution in [2.75, 3.05) is 0 Å². The fourth-order valence-electron chi connectivity index (χ4n) is 1.82. The molecule has 0 aliphatic carbocycles. The Kier molecular flexibility index (Phi) is 2.92. The zero-order valence-corrected chi connectivity index (χ0v) is 9.77. The summed E-state index contributed by atoms with van der Waals surface area (Å²) in [6, 6.07) is 11.8. The van der Waals surface area contributed by atoms with E-state index < -0.39 is 6.29 Å². The SMILES string of the molecule is C1=COC(c2cccc(C[n+]3ccccc3)n2)O1. The van der Waals surface area contributed by atoms with Crippen molar-refractivity contribution >= 4 is 0 Å². The van der Waals surface area contributed by atoms with Crippen molar-refractivity contribution in [2.24, 2.45) is 0 Å². The van der Waals surface area contributed by atoms with Crippen molar-refractivity contribution < 1.29 is 14.0 Å². The average molecular weight is 241 g/mol. The van der Waals surface area contributed by atoms with E-state index in [0.29, 0.717) is 0 Å². The molecule has 0 N–H and O–H groups in total. The second-order valence-electron chi connectivity index (χ2n) is 3.98. The van der Waals surface area contributed by atoms with E-state index in [2.05, 4.69) is 9.55 Å². The molecule has 90 valence electrons. The first-order chi connectivity index (χ1) is 8.92. The smallest absolute Gasteiger partial charge is 0.283 e. The third-order valence-corrected chi connectivity index (χ3v) is 2.65. The molecule has 18 heavy (non-hydrogen) atoms. The van der Waals surface area contributed by atoms with Crippen molar-refractivity contribution in [2.45, 2.75) is 12.8 Å². The molecule has 0 fully saturated rings. The number of hydrogen-bond acceptors (Lipinski definition) is 3. The predicted octanol–water partition coefficient (Wildman–Crippen LogP) is 1.93. The number of ether oxygens (including phenoxy) is 2. The molecule has 2 aromatic rings. The standard InChI is InChI=1S/C14H13N2O2/c1-2-7-16(8-3-1)11-12-5-4-6-13(15-12)14-17-9-10-18-14/h1-10,14H,11H2/q+1. The van der Waals surface area contributed by atoms with Gasteiger partial charge >= 0.3 is 0 Å². The molecular weight excluding hydrogens is 228 g/mol. The van der Waals surface area contributed by atoms with Gasteiger partial charge in [-0.1, -0.05) is 12.1 Å². The molecule has 3 heterocycles. The van der Waals surface area contributed by atoms with Crippen LogP contribution in [0.2, 0.25) is 0 Å². The molecule has 0 radical (unpaired) electrons. The molecule has 1 aliphatic heterocycles. The van der Waals surface area contributed by atoms with Gasteiger partial charge < -0.3 is 9.47 Å². The molecule has 0 saturated heterocycles. The third-order valence-electron chi connectivity index (χ3n) is 2.65. The van der Waals surface area contributed by atoms with Gasteiger partial charge in [0.05, 0.1) is 0 Å². The van der Waals surface area contributed by atoms with Crippen LogP contribution in [0.1, 0.15) is 17.7 Å². The third kappa shape index (κ3) is 2.32. The molecule has 1 aliphatic rings. The Hall–Kier alpha value is -2.36. The van der Waals surface area contributed by atoms with Gasteiger partial charge in [-0.25, -0.2) is 4.98 Å². The van der Waals surface area contributed by atoms with Gasteiger partial charge in [-0.05, 0) is 12.1 Å². The van der Waals surface area contributed by atoms with E-state index in [9.17, 15) is 0 Å². The van der Waals surface area contributed by atoms with E-state index in [4.69, 9.17) is 9.47 Å². The van der Waals surface area contributed by atoms with Crippen LogP contribution in [0, 0.1) is 0 Å². The highest BCUT2D eigenvalue weighted by atomic mass is 16.7. The van der Waals surface area contributed by atoms with E-state index in [1.165, 1.54) is 12.5 Å². The molecule has 4 heteroatoms. The molecule has 2 aromatic heterocycles. The number of rotatable bonds is 3. The molecule has 0 amide bonds. The summed E-state index contributed by atoms with van der Waals surface area (Å²) in [6.07, 6.45) is 6.68. The highest BCUT2D eigenvalue weighted by molar-refractivity contribution is 5.12. The molecule has 3 rings (SSSR count). The van der Waals surface area contributed by atoms with Crippen LogP contribution in [-0.2, 0) is 16.0 Å². The van der Waals surface area contributed by atoms with Crippen molar-refractivity contribution in [3.05, 3.63) is 72.7 Å². The normalized spacial score (nSPS) is 14.2. The van der Waals surface area contributed by atoms with Gasteiger partial charge in [-0.2, -0.15) is 4.57 Å². The van der Waals surface area contributed by atoms with Crippen LogP contribution in [0.15, 0.2) is 61.3 Å². The van der Waals surface area contributed by atoms with Crippen LogP contribution in [0.4, 0.5) is 0 Å². The van der Waals surface area contributed by atoms with Gasteiger partial charge in [0, 0.05) is 12.1 Å². The summed E-state index contributed by atoms with van der Waals surface area (Å²) in [5.74, 6) is 0. The van der Waals surface area contributed by atoms with Crippen LogP contribution >= 0.6 is 0 Å². The van der Waals surface area contributed by atoms with E-state index >= 15 is 0 Å². The number of pyridine rings is 2. The second-order valence-corrected chi connectivity index (χ2v) is 3.98. The minimum atomic E-state index is -0.411. The molecular formula is C14H13N2O2+. The Morgan fingerprint density at radius 3 is 2.56 bits per heavy atom. The zero-order chi connectivity index (χ0) is 12.2. The minimum Gasteiger partial charge on any atom is -0.454 e. The lowest BCUT2D eigenvalue weighted by atomic mass is 10.3. The molecule has 0 aromatic carbocycles. The van der Waals surface area contributed by atoms with Crippen molar-refractivity contribution in [1.82, 2.24) is 4.98 Å². The highest BCUT2D eigenvalue weighted by Gasteiger charge is 2.17. The first-order valence-corrected chi connectivity index (χ1v) is 5.78. The first kappa shape index (κ1) is 10.8. The predicted molar refractivity (Wildman–Crippen MR) is 64.0 cm³/mol. The number of aromatic nitrogens is 2. The molecule has 4 nitrogen and oxygen atoms in total. The number of nitrogens with zero attached hydrogens (tertiary/aromatic N) is 2. The summed E-state index contributed by atoms with van der Waals surface area (Å²) < 4.78 is 12.6. The molecule has 0 unspecified atom stereocenters. The summed E-state index contributed by atoms with van der Waals surface area (Å²) in [5.41, 5.74) is 1.76. The quantitative estimate of drug-likeness (QED) is 0.770. The zero-order valence-electron chi connectivity index (χ0n) is 9.77. The van der Waals surface area contributed by atoms with E-state index in [0.717, 1.165) is 17.9 Å². The van der Waals surface area contributed by atoms with Crippen LogP contribution in [-0.4, -0.2) is 4.98 Å². The topological polar surface area (TPSA) is 35.2 Å². The maximum atomic E-state index is 5.27. The van der Waals surface area contributed by atoms with Gasteiger partial charge in [0.2, 0.25) is 0 Å². The van der Waals surface area contributed by atoms with E-state index in [1.807, 2.05) is 48.8 Å². The minimum absolute atomic E-state index is 0.411. The van der Waals surface area contributed by atoms with Crippen molar-refractivity contribution in [3.63, 3.8) is 0 Å². The Balaban J connectivity index is 1.79. The second kappa shape index (κ2) is 4.87. The Bertz CT molecular complexity index is 547. The summed E-state index contributed by atoms with van der Waals surface area (Å²) >= 11 is 0. The van der Waals surface area contributed by atoms with Crippen LogP contribution < -0.4 is 4.57 Å². The fourth-order valence-corrected chi connectivity index (χ4v) is 1.82. The molecule has 0 atom stereocenters. The van der Waals surface area contributed by atoms with Crippen LogP contribution in [0.3, 0.4) is 0 Å². The Morgan fingerprint density at radius 2 is 1.78 bits per heavy atom. The first-order valence-electron chi connectivity index (χ1n) is 5.78. The summed E-state index contributed by atoms with van der Waals surface area (Å²) in [6.45, 7) is 0.731. The fraction of sp³-hybridized carbons (Fsp3) is 0.143. The van der Waals surface area contributed by atoms with Gasteiger partial charge in [0.1, 0.15) is 23.9 Å². The summed E-state index contributed by atoms with van der Waals surface area (Å²) in [4.78, 5) is 4.54. The van der Waals surface area contributed by atoms with Gasteiger partial charge in [0.15, 0.2) is 18.9 Å². The highest BCUT2D eigenvalue weighted by Crippen LogP contribution is 2.21. The van der Waals surface area contributed by atoms with Gasteiger partial charge in [0.25, 0.3) is 6.29 Å². The van der Waals surface area contributed by atoms with Crippen molar-refractivity contribution in [1.29, 1.82) is 0 Å². The molecule has 0 saturated carbocycles. The average Bonchev–Trinajstić information content (AvgIpc) is 2.94. The Morgan fingerprint density at radius 1 is 1.00 bits per heavy atom. The van der Waals surface area contributed by atoms with Gasteiger partial charge in [-0.15, -0.1) is 0 Å².